The lowest BCUT2D eigenvalue weighted by molar-refractivity contribution is 0.0909. The molecule has 1 amide bonds. The van der Waals surface area contributed by atoms with Crippen LogP contribution >= 0.6 is 23.2 Å². The summed E-state index contributed by atoms with van der Waals surface area (Å²) in [5.74, 6) is -0.682. The number of rotatable bonds is 6. The van der Waals surface area contributed by atoms with Crippen molar-refractivity contribution < 1.29 is 14.3 Å². The van der Waals surface area contributed by atoms with Gasteiger partial charge < -0.3 is 10.4 Å². The number of halogens is 3. The molecule has 0 aliphatic heterocycles. The van der Waals surface area contributed by atoms with Crippen LogP contribution in [0.4, 0.5) is 4.39 Å². The van der Waals surface area contributed by atoms with Crippen molar-refractivity contribution in [2.75, 3.05) is 6.61 Å². The summed E-state index contributed by atoms with van der Waals surface area (Å²) in [6.45, 7) is -0.253. The Balaban J connectivity index is 1.64. The van der Waals surface area contributed by atoms with Gasteiger partial charge in [0.1, 0.15) is 5.82 Å². The molecule has 1 atom stereocenters. The molecule has 4 aromatic rings. The molecule has 8 heteroatoms. The molecular formula is C30H26Cl2FN3O2. The number of benzene rings is 3. The molecule has 0 spiro atoms. The van der Waals surface area contributed by atoms with E-state index in [1.54, 1.807) is 35.0 Å². The van der Waals surface area contributed by atoms with Crippen molar-refractivity contribution in [1.29, 1.82) is 0 Å². The molecule has 0 saturated heterocycles. The summed E-state index contributed by atoms with van der Waals surface area (Å²) in [6.07, 6.45) is 5.20. The van der Waals surface area contributed by atoms with E-state index in [2.05, 4.69) is 5.32 Å². The highest BCUT2D eigenvalue weighted by molar-refractivity contribution is 6.35. The normalized spacial score (nSPS) is 15.1. The third kappa shape index (κ3) is 5.53. The first-order valence-corrected chi connectivity index (χ1v) is 13.2. The zero-order valence-electron chi connectivity index (χ0n) is 20.5. The molecule has 0 unspecified atom stereocenters. The van der Waals surface area contributed by atoms with Crippen LogP contribution in [0, 0.1) is 5.82 Å². The maximum absolute atomic E-state index is 13.6. The van der Waals surface area contributed by atoms with E-state index >= 15 is 0 Å². The Morgan fingerprint density at radius 2 is 1.79 bits per heavy atom. The number of allylic oxidation sites excluding steroid dienone is 1. The van der Waals surface area contributed by atoms with Crippen molar-refractivity contribution in [1.82, 2.24) is 15.1 Å². The van der Waals surface area contributed by atoms with Crippen LogP contribution in [0.15, 0.2) is 72.8 Å². The zero-order valence-corrected chi connectivity index (χ0v) is 22.0. The van der Waals surface area contributed by atoms with Gasteiger partial charge in [-0.05, 0) is 78.8 Å². The fourth-order valence-corrected chi connectivity index (χ4v) is 5.30. The molecule has 1 aliphatic carbocycles. The Morgan fingerprint density at radius 1 is 1.05 bits per heavy atom. The first kappa shape index (κ1) is 26.2. The number of hydrogen-bond donors (Lipinski definition) is 2. The van der Waals surface area contributed by atoms with Gasteiger partial charge in [-0.1, -0.05) is 65.7 Å². The zero-order chi connectivity index (χ0) is 26.6. The van der Waals surface area contributed by atoms with E-state index in [0.717, 1.165) is 47.2 Å². The van der Waals surface area contributed by atoms with Crippen LogP contribution < -0.4 is 5.32 Å². The molecule has 1 aliphatic rings. The highest BCUT2D eigenvalue weighted by Crippen LogP contribution is 2.37. The fourth-order valence-electron chi connectivity index (χ4n) is 4.81. The Morgan fingerprint density at radius 3 is 2.50 bits per heavy atom. The molecule has 1 aromatic heterocycles. The first-order valence-electron chi connectivity index (χ1n) is 12.4. The minimum Gasteiger partial charge on any atom is -0.394 e. The topological polar surface area (TPSA) is 67.2 Å². The monoisotopic (exact) mass is 549 g/mol. The molecule has 5 rings (SSSR count). The van der Waals surface area contributed by atoms with Gasteiger partial charge in [-0.3, -0.25) is 4.79 Å². The summed E-state index contributed by atoms with van der Waals surface area (Å²) in [7, 11) is 0. The first-order chi connectivity index (χ1) is 18.4. The van der Waals surface area contributed by atoms with Crippen molar-refractivity contribution in [2.45, 2.75) is 31.7 Å². The maximum atomic E-state index is 13.6. The minimum absolute atomic E-state index is 0.253. The third-order valence-electron chi connectivity index (χ3n) is 6.66. The molecule has 3 aromatic carbocycles. The van der Waals surface area contributed by atoms with Crippen LogP contribution in [0.25, 0.3) is 17.3 Å². The Kier molecular flexibility index (Phi) is 7.93. The lowest BCUT2D eigenvalue weighted by Gasteiger charge is -2.16. The van der Waals surface area contributed by atoms with Gasteiger partial charge >= 0.3 is 0 Å². The second-order valence-electron chi connectivity index (χ2n) is 9.23. The highest BCUT2D eigenvalue weighted by atomic mass is 35.5. The van der Waals surface area contributed by atoms with Gasteiger partial charge in [0.15, 0.2) is 5.69 Å². The quantitative estimate of drug-likeness (QED) is 0.253. The number of aliphatic hydroxyl groups is 1. The van der Waals surface area contributed by atoms with E-state index < -0.39 is 6.04 Å². The maximum Gasteiger partial charge on any atom is 0.272 e. The van der Waals surface area contributed by atoms with Crippen molar-refractivity contribution in [3.05, 3.63) is 117 Å². The van der Waals surface area contributed by atoms with Gasteiger partial charge in [0.25, 0.3) is 5.91 Å². The number of amides is 1. The number of nitrogens with zero attached hydrogens (tertiary/aromatic N) is 2. The number of carbonyl (C=O) groups excluding carboxylic acids is 1. The fraction of sp³-hybridized carbons (Fsp3) is 0.200. The molecule has 5 nitrogen and oxygen atoms in total. The van der Waals surface area contributed by atoms with Crippen LogP contribution in [-0.2, 0) is 6.42 Å². The summed E-state index contributed by atoms with van der Waals surface area (Å²) >= 11 is 12.8. The second kappa shape index (κ2) is 11.5. The highest BCUT2D eigenvalue weighted by Gasteiger charge is 2.29. The Bertz CT molecular complexity index is 1480. The number of aliphatic hydroxyl groups excluding tert-OH is 1. The summed E-state index contributed by atoms with van der Waals surface area (Å²) in [5, 5.41) is 18.6. The SMILES string of the molecule is O=C(N[C@H](CO)c1ccccc1)c1nn(-c2ccc(Cl)cc2Cl)c2c1CCCC/C2=C\c1ccc(F)cc1. The van der Waals surface area contributed by atoms with Crippen LogP contribution in [0.3, 0.4) is 0 Å². The molecular weight excluding hydrogens is 524 g/mol. The van der Waals surface area contributed by atoms with E-state index in [1.807, 2.05) is 36.4 Å². The number of hydrogen-bond acceptors (Lipinski definition) is 3. The average molecular weight is 550 g/mol. The van der Waals surface area contributed by atoms with Gasteiger partial charge in [0.05, 0.1) is 29.1 Å². The lowest BCUT2D eigenvalue weighted by Crippen LogP contribution is -2.31. The summed E-state index contributed by atoms with van der Waals surface area (Å²) in [5.41, 5.74) is 5.10. The van der Waals surface area contributed by atoms with Gasteiger partial charge in [-0.2, -0.15) is 5.10 Å². The minimum atomic E-state index is -0.580. The number of nitrogens with one attached hydrogen (secondary N) is 1. The Labute approximate surface area is 230 Å². The van der Waals surface area contributed by atoms with Crippen LogP contribution in [0.2, 0.25) is 10.0 Å². The van der Waals surface area contributed by atoms with Crippen LogP contribution in [0.1, 0.15) is 58.2 Å². The molecule has 0 radical (unpaired) electrons. The van der Waals surface area contributed by atoms with Crippen molar-refractivity contribution in [3.63, 3.8) is 0 Å². The van der Waals surface area contributed by atoms with E-state index in [9.17, 15) is 14.3 Å². The number of aromatic nitrogens is 2. The van der Waals surface area contributed by atoms with E-state index in [0.29, 0.717) is 22.2 Å². The van der Waals surface area contributed by atoms with E-state index in [-0.39, 0.29) is 24.0 Å². The van der Waals surface area contributed by atoms with E-state index in [1.165, 1.54) is 12.1 Å². The smallest absolute Gasteiger partial charge is 0.272 e. The van der Waals surface area contributed by atoms with E-state index in [4.69, 9.17) is 28.3 Å². The van der Waals surface area contributed by atoms with Crippen LogP contribution in [-0.4, -0.2) is 27.4 Å². The molecule has 194 valence electrons. The van der Waals surface area contributed by atoms with Gasteiger partial charge in [0, 0.05) is 10.6 Å². The Hall–Kier alpha value is -3.45. The van der Waals surface area contributed by atoms with Gasteiger partial charge in [-0.15, -0.1) is 0 Å². The predicted octanol–water partition coefficient (Wildman–Crippen LogP) is 7.05. The largest absolute Gasteiger partial charge is 0.394 e. The molecule has 0 saturated carbocycles. The third-order valence-corrected chi connectivity index (χ3v) is 7.20. The molecule has 2 N–H and O–H groups in total. The second-order valence-corrected chi connectivity index (χ2v) is 10.1. The van der Waals surface area contributed by atoms with Crippen LogP contribution in [0.5, 0.6) is 0 Å². The summed E-state index contributed by atoms with van der Waals surface area (Å²) in [4.78, 5) is 13.6. The standard InChI is InChI=1S/C30H26Cl2FN3O2/c31-22-12-15-27(25(32)17-22)36-29-21(16-19-10-13-23(33)14-11-19)8-4-5-9-24(29)28(35-36)30(38)34-26(18-37)20-6-2-1-3-7-20/h1-3,6-7,10-17,26,37H,4-5,8-9,18H2,(H,34,38)/b21-16+/t26-/m1/s1. The summed E-state index contributed by atoms with van der Waals surface area (Å²) < 4.78 is 15.3. The summed E-state index contributed by atoms with van der Waals surface area (Å²) in [6, 6.07) is 20.2. The van der Waals surface area contributed by atoms with Crippen molar-refractivity contribution in [2.24, 2.45) is 0 Å². The lowest BCUT2D eigenvalue weighted by atomic mass is 10.0. The molecule has 38 heavy (non-hydrogen) atoms. The predicted molar refractivity (Wildman–Crippen MR) is 149 cm³/mol. The number of fused-ring (bicyclic) bond motifs is 1. The average Bonchev–Trinajstić information content (AvgIpc) is 3.17. The van der Waals surface area contributed by atoms with Crippen molar-refractivity contribution >= 4 is 40.8 Å². The molecule has 0 fully saturated rings. The van der Waals surface area contributed by atoms with Crippen molar-refractivity contribution in [3.8, 4) is 5.69 Å². The van der Waals surface area contributed by atoms with Gasteiger partial charge in [-0.25, -0.2) is 9.07 Å². The van der Waals surface area contributed by atoms with Gasteiger partial charge in [0.2, 0.25) is 0 Å². The number of carbonyl (C=O) groups is 1. The molecule has 1 heterocycles. The molecule has 0 bridgehead atoms.